The predicted octanol–water partition coefficient (Wildman–Crippen LogP) is 1.50. The summed E-state index contributed by atoms with van der Waals surface area (Å²) in [6, 6.07) is 8.01. The quantitative estimate of drug-likeness (QED) is 0.930. The second kappa shape index (κ2) is 6.34. The molecule has 0 bridgehead atoms. The van der Waals surface area contributed by atoms with Crippen molar-refractivity contribution < 1.29 is 4.79 Å². The first kappa shape index (κ1) is 15.4. The molecule has 0 spiro atoms. The van der Waals surface area contributed by atoms with Crippen molar-refractivity contribution in [1.29, 1.82) is 0 Å². The Balaban J connectivity index is 1.80. The summed E-state index contributed by atoms with van der Waals surface area (Å²) in [6.07, 6.45) is 4.36. The SMILES string of the molecule is CN(C)C1CCN(C(=O)c2cccc(-c3cnc(N)nc3)c2)C1. The van der Waals surface area contributed by atoms with Crippen molar-refractivity contribution in [2.75, 3.05) is 32.9 Å². The molecule has 2 N–H and O–H groups in total. The molecule has 1 aromatic carbocycles. The number of amides is 1. The van der Waals surface area contributed by atoms with Crippen molar-refractivity contribution >= 4 is 11.9 Å². The smallest absolute Gasteiger partial charge is 0.253 e. The molecule has 0 radical (unpaired) electrons. The zero-order valence-corrected chi connectivity index (χ0v) is 13.4. The van der Waals surface area contributed by atoms with Crippen LogP contribution in [0.4, 0.5) is 5.95 Å². The fraction of sp³-hybridized carbons (Fsp3) is 0.353. The average molecular weight is 311 g/mol. The van der Waals surface area contributed by atoms with Gasteiger partial charge < -0.3 is 15.5 Å². The number of nitrogen functional groups attached to an aromatic ring is 1. The molecule has 6 heteroatoms. The van der Waals surface area contributed by atoms with Gasteiger partial charge in [-0.05, 0) is 38.2 Å². The number of carbonyl (C=O) groups is 1. The summed E-state index contributed by atoms with van der Waals surface area (Å²) in [5.74, 6) is 0.320. The summed E-state index contributed by atoms with van der Waals surface area (Å²) in [5, 5.41) is 0. The van der Waals surface area contributed by atoms with Crippen LogP contribution in [0.5, 0.6) is 0 Å². The lowest BCUT2D eigenvalue weighted by molar-refractivity contribution is 0.0783. The first-order chi connectivity index (χ1) is 11.0. The third-order valence-corrected chi connectivity index (χ3v) is 4.30. The first-order valence-electron chi connectivity index (χ1n) is 7.68. The van der Waals surface area contributed by atoms with E-state index in [1.165, 1.54) is 0 Å². The minimum atomic E-state index is 0.0764. The standard InChI is InChI=1S/C17H21N5O/c1-21(2)15-6-7-22(11-15)16(23)13-5-3-4-12(8-13)14-9-19-17(18)20-10-14/h3-5,8-10,15H,6-7,11H2,1-2H3,(H2,18,19,20). The van der Waals surface area contributed by atoms with Gasteiger partial charge in [0.15, 0.2) is 0 Å². The van der Waals surface area contributed by atoms with Crippen molar-refractivity contribution in [2.24, 2.45) is 0 Å². The molecule has 1 aliphatic heterocycles. The molecule has 1 saturated heterocycles. The molecule has 120 valence electrons. The van der Waals surface area contributed by atoms with Gasteiger partial charge in [-0.1, -0.05) is 12.1 Å². The van der Waals surface area contributed by atoms with Crippen LogP contribution in [0, 0.1) is 0 Å². The van der Waals surface area contributed by atoms with Crippen LogP contribution in [0.15, 0.2) is 36.7 Å². The highest BCUT2D eigenvalue weighted by atomic mass is 16.2. The number of likely N-dealkylation sites (tertiary alicyclic amines) is 1. The Morgan fingerprint density at radius 1 is 1.26 bits per heavy atom. The molecule has 1 atom stereocenters. The van der Waals surface area contributed by atoms with E-state index in [1.807, 2.05) is 29.2 Å². The number of carbonyl (C=O) groups excluding carboxylic acids is 1. The molecule has 1 fully saturated rings. The van der Waals surface area contributed by atoms with Gasteiger partial charge in [-0.2, -0.15) is 0 Å². The average Bonchev–Trinajstić information content (AvgIpc) is 3.05. The van der Waals surface area contributed by atoms with Gasteiger partial charge in [-0.3, -0.25) is 4.79 Å². The Kier molecular flexibility index (Phi) is 4.25. The molecule has 6 nitrogen and oxygen atoms in total. The number of benzene rings is 1. The summed E-state index contributed by atoms with van der Waals surface area (Å²) in [6.45, 7) is 1.58. The highest BCUT2D eigenvalue weighted by Gasteiger charge is 2.28. The maximum Gasteiger partial charge on any atom is 0.253 e. The van der Waals surface area contributed by atoms with Gasteiger partial charge in [0.1, 0.15) is 0 Å². The lowest BCUT2D eigenvalue weighted by Gasteiger charge is -2.20. The van der Waals surface area contributed by atoms with Crippen LogP contribution in [-0.2, 0) is 0 Å². The molecule has 0 aliphatic carbocycles. The molecule has 1 amide bonds. The first-order valence-corrected chi connectivity index (χ1v) is 7.68. The molecular weight excluding hydrogens is 290 g/mol. The van der Waals surface area contributed by atoms with Gasteiger partial charge in [0, 0.05) is 42.7 Å². The zero-order chi connectivity index (χ0) is 16.4. The number of anilines is 1. The van der Waals surface area contributed by atoms with Gasteiger partial charge >= 0.3 is 0 Å². The van der Waals surface area contributed by atoms with Gasteiger partial charge in [-0.25, -0.2) is 9.97 Å². The van der Waals surface area contributed by atoms with Crippen LogP contribution in [0.3, 0.4) is 0 Å². The van der Waals surface area contributed by atoms with E-state index < -0.39 is 0 Å². The highest BCUT2D eigenvalue weighted by Crippen LogP contribution is 2.22. The molecule has 0 saturated carbocycles. The van der Waals surface area contributed by atoms with Crippen LogP contribution in [0.1, 0.15) is 16.8 Å². The molecular formula is C17H21N5O. The lowest BCUT2D eigenvalue weighted by Crippen LogP contribution is -2.34. The zero-order valence-electron chi connectivity index (χ0n) is 13.4. The third-order valence-electron chi connectivity index (χ3n) is 4.30. The normalized spacial score (nSPS) is 17.7. The molecule has 1 unspecified atom stereocenters. The van der Waals surface area contributed by atoms with E-state index in [-0.39, 0.29) is 11.9 Å². The molecule has 2 aromatic rings. The fourth-order valence-electron chi connectivity index (χ4n) is 2.85. The molecule has 3 rings (SSSR count). The summed E-state index contributed by atoms with van der Waals surface area (Å²) in [4.78, 5) is 24.8. The summed E-state index contributed by atoms with van der Waals surface area (Å²) < 4.78 is 0. The Bertz CT molecular complexity index is 698. The van der Waals surface area contributed by atoms with Crippen molar-refractivity contribution in [3.63, 3.8) is 0 Å². The van der Waals surface area contributed by atoms with E-state index in [0.717, 1.165) is 30.6 Å². The van der Waals surface area contributed by atoms with E-state index in [1.54, 1.807) is 12.4 Å². The molecule has 2 heterocycles. The minimum absolute atomic E-state index is 0.0764. The Hall–Kier alpha value is -2.47. The van der Waals surface area contributed by atoms with E-state index >= 15 is 0 Å². The summed E-state index contributed by atoms with van der Waals surface area (Å²) >= 11 is 0. The number of hydrogen-bond acceptors (Lipinski definition) is 5. The van der Waals surface area contributed by atoms with Crippen LogP contribution in [-0.4, -0.2) is 58.9 Å². The highest BCUT2D eigenvalue weighted by molar-refractivity contribution is 5.95. The van der Waals surface area contributed by atoms with E-state index in [2.05, 4.69) is 29.0 Å². The van der Waals surface area contributed by atoms with Crippen LogP contribution >= 0.6 is 0 Å². The van der Waals surface area contributed by atoms with E-state index in [9.17, 15) is 4.79 Å². The molecule has 1 aromatic heterocycles. The predicted molar refractivity (Wildman–Crippen MR) is 89.9 cm³/mol. The maximum atomic E-state index is 12.7. The number of rotatable bonds is 3. The Morgan fingerprint density at radius 2 is 2.00 bits per heavy atom. The topological polar surface area (TPSA) is 75.3 Å². The number of nitrogens with two attached hydrogens (primary N) is 1. The summed E-state index contributed by atoms with van der Waals surface area (Å²) in [7, 11) is 4.11. The van der Waals surface area contributed by atoms with Crippen molar-refractivity contribution in [1.82, 2.24) is 19.8 Å². The monoisotopic (exact) mass is 311 g/mol. The number of aromatic nitrogens is 2. The number of likely N-dealkylation sites (N-methyl/N-ethyl adjacent to an activating group) is 1. The third kappa shape index (κ3) is 3.32. The van der Waals surface area contributed by atoms with Gasteiger partial charge in [0.2, 0.25) is 5.95 Å². The Morgan fingerprint density at radius 3 is 2.65 bits per heavy atom. The second-order valence-corrected chi connectivity index (χ2v) is 6.07. The van der Waals surface area contributed by atoms with E-state index in [0.29, 0.717) is 11.6 Å². The maximum absolute atomic E-state index is 12.7. The lowest BCUT2D eigenvalue weighted by atomic mass is 10.1. The molecule has 23 heavy (non-hydrogen) atoms. The number of nitrogens with zero attached hydrogens (tertiary/aromatic N) is 4. The summed E-state index contributed by atoms with van der Waals surface area (Å²) in [5.41, 5.74) is 7.97. The van der Waals surface area contributed by atoms with Gasteiger partial charge in [-0.15, -0.1) is 0 Å². The van der Waals surface area contributed by atoms with Crippen LogP contribution in [0.25, 0.3) is 11.1 Å². The van der Waals surface area contributed by atoms with Crippen molar-refractivity contribution in [3.05, 3.63) is 42.2 Å². The van der Waals surface area contributed by atoms with Crippen LogP contribution in [0.2, 0.25) is 0 Å². The van der Waals surface area contributed by atoms with Crippen molar-refractivity contribution in [3.8, 4) is 11.1 Å². The largest absolute Gasteiger partial charge is 0.368 e. The van der Waals surface area contributed by atoms with E-state index in [4.69, 9.17) is 5.73 Å². The van der Waals surface area contributed by atoms with Crippen molar-refractivity contribution in [2.45, 2.75) is 12.5 Å². The van der Waals surface area contributed by atoms with Gasteiger partial charge in [0.05, 0.1) is 0 Å². The van der Waals surface area contributed by atoms with Gasteiger partial charge in [0.25, 0.3) is 5.91 Å². The molecule has 1 aliphatic rings. The fourth-order valence-corrected chi connectivity index (χ4v) is 2.85. The Labute approximate surface area is 135 Å². The minimum Gasteiger partial charge on any atom is -0.368 e. The second-order valence-electron chi connectivity index (χ2n) is 6.07. The number of hydrogen-bond donors (Lipinski definition) is 1. The van der Waals surface area contributed by atoms with Crippen LogP contribution < -0.4 is 5.73 Å².